The number of imidazole rings is 1. The fourth-order valence-electron chi connectivity index (χ4n) is 2.19. The molecule has 1 N–H and O–H groups in total. The predicted octanol–water partition coefficient (Wildman–Crippen LogP) is 3.62. The fraction of sp³-hybridized carbons (Fsp3) is 0.353. The topological polar surface area (TPSA) is 64.0 Å². The molecule has 0 radical (unpaired) electrons. The van der Waals surface area contributed by atoms with Crippen molar-refractivity contribution >= 4 is 29.1 Å². The molecular formula is C17H21N3O2S. The Kier molecular flexibility index (Phi) is 5.98. The maximum Gasteiger partial charge on any atom is 0.221 e. The van der Waals surface area contributed by atoms with E-state index in [0.29, 0.717) is 11.3 Å². The van der Waals surface area contributed by atoms with E-state index in [9.17, 15) is 9.59 Å². The summed E-state index contributed by atoms with van der Waals surface area (Å²) in [6.07, 6.45) is 4.72. The number of hydrogen-bond donors (Lipinski definition) is 1. The minimum atomic E-state index is -0.223. The first-order valence-corrected chi connectivity index (χ1v) is 8.49. The normalized spacial score (nSPS) is 12.0. The van der Waals surface area contributed by atoms with Gasteiger partial charge in [0.15, 0.2) is 10.9 Å². The predicted molar refractivity (Wildman–Crippen MR) is 92.9 cm³/mol. The number of Topliss-reactive ketones (excluding diaryl/α,β-unsaturated/α-hetero) is 1. The summed E-state index contributed by atoms with van der Waals surface area (Å²) < 4.78 is 2.06. The molecule has 23 heavy (non-hydrogen) atoms. The molecule has 1 heterocycles. The lowest BCUT2D eigenvalue weighted by atomic mass is 10.1. The summed E-state index contributed by atoms with van der Waals surface area (Å²) >= 11 is 1.47. The first kappa shape index (κ1) is 17.3. The van der Waals surface area contributed by atoms with Gasteiger partial charge in [0.1, 0.15) is 0 Å². The third kappa shape index (κ3) is 4.69. The summed E-state index contributed by atoms with van der Waals surface area (Å²) in [6.45, 7) is 6.35. The maximum absolute atomic E-state index is 12.5. The number of ketones is 1. The van der Waals surface area contributed by atoms with Gasteiger partial charge in [0.2, 0.25) is 5.91 Å². The van der Waals surface area contributed by atoms with Crippen molar-refractivity contribution in [1.82, 2.24) is 9.55 Å². The molecule has 0 saturated carbocycles. The zero-order chi connectivity index (χ0) is 16.8. The lowest BCUT2D eigenvalue weighted by molar-refractivity contribution is -0.114. The molecule has 1 amide bonds. The van der Waals surface area contributed by atoms with Gasteiger partial charge in [0.05, 0.1) is 5.25 Å². The number of nitrogens with zero attached hydrogens (tertiary/aromatic N) is 2. The molecule has 1 aromatic carbocycles. The molecule has 2 rings (SSSR count). The van der Waals surface area contributed by atoms with Gasteiger partial charge in [-0.2, -0.15) is 0 Å². The van der Waals surface area contributed by atoms with Crippen molar-refractivity contribution in [3.8, 4) is 0 Å². The summed E-state index contributed by atoms with van der Waals surface area (Å²) in [7, 11) is 0. The maximum atomic E-state index is 12.5. The quantitative estimate of drug-likeness (QED) is 0.622. The van der Waals surface area contributed by atoms with Gasteiger partial charge in [-0.3, -0.25) is 9.59 Å². The Morgan fingerprint density at radius 2 is 2.00 bits per heavy atom. The number of aromatic nitrogens is 2. The second kappa shape index (κ2) is 7.97. The summed E-state index contributed by atoms with van der Waals surface area (Å²) in [5, 5.41) is 3.33. The lowest BCUT2D eigenvalue weighted by Crippen LogP contribution is -2.15. The molecular weight excluding hydrogens is 310 g/mol. The number of benzene rings is 1. The highest BCUT2D eigenvalue weighted by Gasteiger charge is 2.18. The van der Waals surface area contributed by atoms with Crippen LogP contribution in [0, 0.1) is 0 Å². The van der Waals surface area contributed by atoms with Crippen molar-refractivity contribution in [2.75, 3.05) is 5.32 Å². The number of amides is 1. The van der Waals surface area contributed by atoms with Crippen LogP contribution >= 0.6 is 11.8 Å². The number of rotatable bonds is 7. The SMILES string of the molecule is CCCn1ccnc1S[C@H](C)C(=O)c1ccc(NC(C)=O)cc1. The average Bonchev–Trinajstić information content (AvgIpc) is 2.94. The third-order valence-corrected chi connectivity index (χ3v) is 4.40. The van der Waals surface area contributed by atoms with Crippen LogP contribution in [0.4, 0.5) is 5.69 Å². The number of nitrogens with one attached hydrogen (secondary N) is 1. The molecule has 1 aromatic heterocycles. The molecule has 0 aliphatic rings. The molecule has 0 spiro atoms. The van der Waals surface area contributed by atoms with Gasteiger partial charge in [-0.1, -0.05) is 18.7 Å². The van der Waals surface area contributed by atoms with Crippen LogP contribution in [0.1, 0.15) is 37.6 Å². The first-order valence-electron chi connectivity index (χ1n) is 7.61. The van der Waals surface area contributed by atoms with E-state index in [1.165, 1.54) is 18.7 Å². The highest BCUT2D eigenvalue weighted by Crippen LogP contribution is 2.25. The molecule has 0 aliphatic heterocycles. The fourth-order valence-corrected chi connectivity index (χ4v) is 3.16. The van der Waals surface area contributed by atoms with E-state index in [1.807, 2.05) is 13.1 Å². The second-order valence-corrected chi connectivity index (χ2v) is 6.59. The number of anilines is 1. The van der Waals surface area contributed by atoms with Crippen molar-refractivity contribution < 1.29 is 9.59 Å². The molecule has 5 nitrogen and oxygen atoms in total. The molecule has 1 atom stereocenters. The molecule has 0 bridgehead atoms. The zero-order valence-electron chi connectivity index (χ0n) is 13.6. The van der Waals surface area contributed by atoms with Crippen LogP contribution in [0.25, 0.3) is 0 Å². The van der Waals surface area contributed by atoms with Crippen LogP contribution in [-0.4, -0.2) is 26.5 Å². The molecule has 122 valence electrons. The summed E-state index contributed by atoms with van der Waals surface area (Å²) in [4.78, 5) is 27.9. The highest BCUT2D eigenvalue weighted by atomic mass is 32.2. The van der Waals surface area contributed by atoms with Crippen LogP contribution in [0.5, 0.6) is 0 Å². The van der Waals surface area contributed by atoms with Gasteiger partial charge in [-0.05, 0) is 37.6 Å². The molecule has 6 heteroatoms. The number of carbonyl (C=O) groups is 2. The van der Waals surface area contributed by atoms with E-state index in [2.05, 4.69) is 21.8 Å². The second-order valence-electron chi connectivity index (χ2n) is 5.29. The van der Waals surface area contributed by atoms with Gasteiger partial charge in [0.25, 0.3) is 0 Å². The Labute approximate surface area is 140 Å². The highest BCUT2D eigenvalue weighted by molar-refractivity contribution is 8.00. The Morgan fingerprint density at radius 1 is 1.30 bits per heavy atom. The number of carbonyl (C=O) groups excluding carboxylic acids is 2. The summed E-state index contributed by atoms with van der Waals surface area (Å²) in [6, 6.07) is 6.96. The van der Waals surface area contributed by atoms with Crippen molar-refractivity contribution in [1.29, 1.82) is 0 Å². The van der Waals surface area contributed by atoms with Crippen LogP contribution in [0.2, 0.25) is 0 Å². The molecule has 2 aromatic rings. The number of thioether (sulfide) groups is 1. The Hall–Kier alpha value is -2.08. The molecule has 0 fully saturated rings. The minimum absolute atomic E-state index is 0.0513. The number of aryl methyl sites for hydroxylation is 1. The average molecular weight is 331 g/mol. The minimum Gasteiger partial charge on any atom is -0.326 e. The largest absolute Gasteiger partial charge is 0.326 e. The van der Waals surface area contributed by atoms with E-state index < -0.39 is 0 Å². The van der Waals surface area contributed by atoms with Crippen LogP contribution in [0.15, 0.2) is 41.8 Å². The van der Waals surface area contributed by atoms with E-state index >= 15 is 0 Å². The van der Waals surface area contributed by atoms with Crippen molar-refractivity contribution in [2.45, 2.75) is 44.1 Å². The van der Waals surface area contributed by atoms with E-state index in [0.717, 1.165) is 18.1 Å². The van der Waals surface area contributed by atoms with Crippen molar-refractivity contribution in [3.05, 3.63) is 42.2 Å². The van der Waals surface area contributed by atoms with Crippen molar-refractivity contribution in [3.63, 3.8) is 0 Å². The Bertz CT molecular complexity index is 679. The van der Waals surface area contributed by atoms with Crippen molar-refractivity contribution in [2.24, 2.45) is 0 Å². The first-order chi connectivity index (χ1) is 11.0. The van der Waals surface area contributed by atoms with Gasteiger partial charge in [0, 0.05) is 37.1 Å². The van der Waals surface area contributed by atoms with Gasteiger partial charge >= 0.3 is 0 Å². The van der Waals surface area contributed by atoms with Gasteiger partial charge < -0.3 is 9.88 Å². The zero-order valence-corrected chi connectivity index (χ0v) is 14.4. The Balaban J connectivity index is 2.04. The molecule has 0 aliphatic carbocycles. The van der Waals surface area contributed by atoms with Crippen LogP contribution < -0.4 is 5.32 Å². The lowest BCUT2D eigenvalue weighted by Gasteiger charge is -2.12. The standard InChI is InChI=1S/C17H21N3O2S/c1-4-10-20-11-9-18-17(20)23-12(2)16(22)14-5-7-15(8-6-14)19-13(3)21/h5-9,11-12H,4,10H2,1-3H3,(H,19,21)/t12-/m1/s1. The van der Waals surface area contributed by atoms with Gasteiger partial charge in [-0.25, -0.2) is 4.98 Å². The van der Waals surface area contributed by atoms with Gasteiger partial charge in [-0.15, -0.1) is 0 Å². The van der Waals surface area contributed by atoms with E-state index in [1.54, 1.807) is 30.5 Å². The number of hydrogen-bond acceptors (Lipinski definition) is 4. The Morgan fingerprint density at radius 3 is 2.61 bits per heavy atom. The van der Waals surface area contributed by atoms with E-state index in [4.69, 9.17) is 0 Å². The summed E-state index contributed by atoms with van der Waals surface area (Å²) in [5.74, 6) is -0.0776. The van der Waals surface area contributed by atoms with Crippen LogP contribution in [0.3, 0.4) is 0 Å². The summed E-state index contributed by atoms with van der Waals surface area (Å²) in [5.41, 5.74) is 1.32. The molecule has 0 unspecified atom stereocenters. The monoisotopic (exact) mass is 331 g/mol. The molecule has 0 saturated heterocycles. The third-order valence-electron chi connectivity index (χ3n) is 3.28. The smallest absolute Gasteiger partial charge is 0.221 e. The van der Waals surface area contributed by atoms with Crippen LogP contribution in [-0.2, 0) is 11.3 Å². The van der Waals surface area contributed by atoms with E-state index in [-0.39, 0.29) is 16.9 Å².